The Morgan fingerprint density at radius 2 is 2.18 bits per heavy atom. The van der Waals surface area contributed by atoms with Gasteiger partial charge >= 0.3 is 6.03 Å². The molecule has 0 spiro atoms. The molecule has 1 aromatic carbocycles. The minimum absolute atomic E-state index is 0.295. The van der Waals surface area contributed by atoms with Gasteiger partial charge in [0.1, 0.15) is 10.7 Å². The molecule has 0 saturated carbocycles. The molecule has 0 aliphatic carbocycles. The van der Waals surface area contributed by atoms with Gasteiger partial charge in [0, 0.05) is 6.26 Å². The van der Waals surface area contributed by atoms with Gasteiger partial charge in [-0.1, -0.05) is 6.07 Å². The van der Waals surface area contributed by atoms with Gasteiger partial charge < -0.3 is 5.73 Å². The predicted octanol–water partition coefficient (Wildman–Crippen LogP) is 0.231. The summed E-state index contributed by atoms with van der Waals surface area (Å²) in [6, 6.07) is 2.61. The Kier molecular flexibility index (Phi) is 3.79. The molecule has 0 unspecified atom stereocenters. The topological polar surface area (TPSA) is 102 Å². The summed E-state index contributed by atoms with van der Waals surface area (Å²) in [5, 5.41) is 3.41. The number of rotatable bonds is 3. The average molecular weight is 259 g/mol. The van der Waals surface area contributed by atoms with Gasteiger partial charge in [0.2, 0.25) is 0 Å². The lowest BCUT2D eigenvalue weighted by molar-refractivity contribution is 0.249. The number of benzene rings is 1. The van der Waals surface area contributed by atoms with Crippen LogP contribution in [0.4, 0.5) is 9.18 Å². The van der Waals surface area contributed by atoms with Crippen LogP contribution in [-0.2, 0) is 9.84 Å². The summed E-state index contributed by atoms with van der Waals surface area (Å²) < 4.78 is 35.6. The summed E-state index contributed by atoms with van der Waals surface area (Å²) in [5.74, 6) is -0.879. The predicted molar refractivity (Wildman–Crippen MR) is 59.8 cm³/mol. The number of nitrogens with two attached hydrogens (primary N) is 1. The molecule has 0 bridgehead atoms. The van der Waals surface area contributed by atoms with Crippen molar-refractivity contribution in [3.63, 3.8) is 0 Å². The first-order valence-corrected chi connectivity index (χ1v) is 6.28. The number of hydrogen-bond donors (Lipinski definition) is 2. The first-order valence-electron chi connectivity index (χ1n) is 4.39. The highest BCUT2D eigenvalue weighted by Crippen LogP contribution is 2.14. The van der Waals surface area contributed by atoms with Gasteiger partial charge in [-0.25, -0.2) is 23.0 Å². The van der Waals surface area contributed by atoms with Crippen LogP contribution >= 0.6 is 0 Å². The zero-order chi connectivity index (χ0) is 13.1. The fourth-order valence-electron chi connectivity index (χ4n) is 1.07. The van der Waals surface area contributed by atoms with Crippen LogP contribution in [0.5, 0.6) is 0 Å². The number of hydrogen-bond acceptors (Lipinski definition) is 4. The number of urea groups is 1. The molecule has 0 fully saturated rings. The molecule has 1 rings (SSSR count). The van der Waals surface area contributed by atoms with E-state index in [4.69, 9.17) is 5.73 Å². The van der Waals surface area contributed by atoms with Crippen LogP contribution in [0.1, 0.15) is 5.56 Å². The highest BCUT2D eigenvalue weighted by molar-refractivity contribution is 7.90. The molecule has 0 aromatic heterocycles. The summed E-state index contributed by atoms with van der Waals surface area (Å²) >= 11 is 0. The second kappa shape index (κ2) is 4.91. The number of carbonyl (C=O) groups excluding carboxylic acids is 1. The standard InChI is InChI=1S/C9H10FN3O3S/c1-17(15,16)8-3-2-6(4-7(8)10)5-12-13-9(11)14/h2-5H,1H3,(H3,11,13,14). The van der Waals surface area contributed by atoms with E-state index in [0.717, 1.165) is 24.6 Å². The van der Waals surface area contributed by atoms with Crippen molar-refractivity contribution in [2.75, 3.05) is 6.26 Å². The monoisotopic (exact) mass is 259 g/mol. The van der Waals surface area contributed by atoms with E-state index in [1.165, 1.54) is 6.07 Å². The lowest BCUT2D eigenvalue weighted by atomic mass is 10.2. The Morgan fingerprint density at radius 1 is 1.53 bits per heavy atom. The van der Waals surface area contributed by atoms with Gasteiger partial charge in [-0.05, 0) is 17.7 Å². The molecule has 0 saturated heterocycles. The number of nitrogens with zero attached hydrogens (tertiary/aromatic N) is 1. The number of amides is 2. The maximum atomic E-state index is 13.4. The van der Waals surface area contributed by atoms with Crippen LogP contribution in [0.2, 0.25) is 0 Å². The van der Waals surface area contributed by atoms with Crippen molar-refractivity contribution in [3.8, 4) is 0 Å². The highest BCUT2D eigenvalue weighted by Gasteiger charge is 2.13. The summed E-state index contributed by atoms with van der Waals surface area (Å²) in [6.45, 7) is 0. The van der Waals surface area contributed by atoms with Crippen molar-refractivity contribution in [3.05, 3.63) is 29.6 Å². The van der Waals surface area contributed by atoms with Crippen molar-refractivity contribution in [2.24, 2.45) is 10.8 Å². The molecule has 0 aliphatic heterocycles. The van der Waals surface area contributed by atoms with E-state index in [0.29, 0.717) is 5.56 Å². The molecular formula is C9H10FN3O3S. The molecule has 8 heteroatoms. The molecule has 1 aromatic rings. The maximum Gasteiger partial charge on any atom is 0.332 e. The lowest BCUT2D eigenvalue weighted by Gasteiger charge is -2.01. The molecule has 2 amide bonds. The molecule has 0 radical (unpaired) electrons. The largest absolute Gasteiger partial charge is 0.350 e. The van der Waals surface area contributed by atoms with Gasteiger partial charge in [0.25, 0.3) is 0 Å². The number of carbonyl (C=O) groups is 1. The molecule has 0 heterocycles. The van der Waals surface area contributed by atoms with Crippen LogP contribution in [-0.4, -0.2) is 26.9 Å². The third-order valence-corrected chi connectivity index (χ3v) is 2.87. The van der Waals surface area contributed by atoms with E-state index in [1.807, 2.05) is 5.43 Å². The zero-order valence-electron chi connectivity index (χ0n) is 8.84. The second-order valence-corrected chi connectivity index (χ2v) is 5.18. The average Bonchev–Trinajstić information content (AvgIpc) is 2.14. The number of primary amides is 1. The molecule has 92 valence electrons. The Bertz CT molecular complexity index is 569. The molecule has 0 aliphatic rings. The zero-order valence-corrected chi connectivity index (χ0v) is 9.66. The molecule has 17 heavy (non-hydrogen) atoms. The summed E-state index contributed by atoms with van der Waals surface area (Å²) in [7, 11) is -3.59. The highest BCUT2D eigenvalue weighted by atomic mass is 32.2. The van der Waals surface area contributed by atoms with E-state index in [-0.39, 0.29) is 0 Å². The SMILES string of the molecule is CS(=O)(=O)c1ccc(C=NNC(N)=O)cc1F. The van der Waals surface area contributed by atoms with Crippen molar-refractivity contribution < 1.29 is 17.6 Å². The van der Waals surface area contributed by atoms with Crippen molar-refractivity contribution in [2.45, 2.75) is 4.90 Å². The number of nitrogens with one attached hydrogen (secondary N) is 1. The third-order valence-electron chi connectivity index (χ3n) is 1.74. The Hall–Kier alpha value is -1.96. The summed E-state index contributed by atoms with van der Waals surface area (Å²) in [4.78, 5) is 9.89. The van der Waals surface area contributed by atoms with Crippen LogP contribution in [0.25, 0.3) is 0 Å². The van der Waals surface area contributed by atoms with Crippen LogP contribution < -0.4 is 11.2 Å². The summed E-state index contributed by atoms with van der Waals surface area (Å²) in [5.41, 5.74) is 6.97. The molecule has 6 nitrogen and oxygen atoms in total. The number of halogens is 1. The number of sulfone groups is 1. The van der Waals surface area contributed by atoms with E-state index in [9.17, 15) is 17.6 Å². The Balaban J connectivity index is 2.98. The smallest absolute Gasteiger partial charge is 0.332 e. The minimum atomic E-state index is -3.59. The van der Waals surface area contributed by atoms with Gasteiger partial charge in [0.15, 0.2) is 9.84 Å². The van der Waals surface area contributed by atoms with E-state index in [1.54, 1.807) is 0 Å². The first-order chi connectivity index (χ1) is 7.80. The minimum Gasteiger partial charge on any atom is -0.350 e. The Morgan fingerprint density at radius 3 is 2.65 bits per heavy atom. The van der Waals surface area contributed by atoms with Crippen LogP contribution in [0, 0.1) is 5.82 Å². The van der Waals surface area contributed by atoms with Crippen molar-refractivity contribution in [1.82, 2.24) is 5.43 Å². The van der Waals surface area contributed by atoms with Crippen molar-refractivity contribution in [1.29, 1.82) is 0 Å². The van der Waals surface area contributed by atoms with E-state index in [2.05, 4.69) is 5.10 Å². The van der Waals surface area contributed by atoms with Gasteiger partial charge in [0.05, 0.1) is 6.21 Å². The van der Waals surface area contributed by atoms with E-state index < -0.39 is 26.6 Å². The molecular weight excluding hydrogens is 249 g/mol. The van der Waals surface area contributed by atoms with E-state index >= 15 is 0 Å². The maximum absolute atomic E-state index is 13.4. The number of hydrazone groups is 1. The van der Waals surface area contributed by atoms with Crippen molar-refractivity contribution >= 4 is 22.1 Å². The Labute approximate surface area is 97.2 Å². The molecule has 3 N–H and O–H groups in total. The van der Waals surface area contributed by atoms with Gasteiger partial charge in [-0.2, -0.15) is 5.10 Å². The van der Waals surface area contributed by atoms with Crippen LogP contribution in [0.3, 0.4) is 0 Å². The first kappa shape index (κ1) is 13.1. The van der Waals surface area contributed by atoms with Crippen LogP contribution in [0.15, 0.2) is 28.2 Å². The quantitative estimate of drug-likeness (QED) is 0.600. The second-order valence-electron chi connectivity index (χ2n) is 3.20. The van der Waals surface area contributed by atoms with Gasteiger partial charge in [-0.15, -0.1) is 0 Å². The van der Waals surface area contributed by atoms with Gasteiger partial charge in [-0.3, -0.25) is 0 Å². The fraction of sp³-hybridized carbons (Fsp3) is 0.111. The third kappa shape index (κ3) is 3.83. The lowest BCUT2D eigenvalue weighted by Crippen LogP contribution is -2.24. The summed E-state index contributed by atoms with van der Waals surface area (Å²) in [6.07, 6.45) is 2.05. The molecule has 0 atom stereocenters. The fourth-order valence-corrected chi connectivity index (χ4v) is 1.80. The normalized spacial score (nSPS) is 11.6.